The van der Waals surface area contributed by atoms with Crippen molar-refractivity contribution in [2.24, 2.45) is 0 Å². The van der Waals surface area contributed by atoms with Gasteiger partial charge in [-0.2, -0.15) is 0 Å². The van der Waals surface area contributed by atoms with Crippen molar-refractivity contribution in [1.82, 2.24) is 0 Å². The minimum Gasteiger partial charge on any atom is -0.494 e. The summed E-state index contributed by atoms with van der Waals surface area (Å²) < 4.78 is 19.2. The van der Waals surface area contributed by atoms with Gasteiger partial charge < -0.3 is 15.8 Å². The fourth-order valence-electron chi connectivity index (χ4n) is 1.70. The average molecular weight is 281 g/mol. The summed E-state index contributed by atoms with van der Waals surface area (Å²) in [6.07, 6.45) is 0. The van der Waals surface area contributed by atoms with E-state index in [1.165, 1.54) is 6.07 Å². The second kappa shape index (κ2) is 5.80. The summed E-state index contributed by atoms with van der Waals surface area (Å²) in [5.74, 6) is 0.136. The second-order valence-corrected chi connectivity index (χ2v) is 4.36. The molecule has 0 aliphatic rings. The maximum absolute atomic E-state index is 13.8. The number of nitrogens with one attached hydrogen (secondary N) is 1. The quantitative estimate of drug-likeness (QED) is 0.825. The number of nitrogens with two attached hydrogens (primary N) is 1. The maximum Gasteiger partial charge on any atom is 0.165 e. The van der Waals surface area contributed by atoms with Gasteiger partial charge in [-0.25, -0.2) is 4.39 Å². The Morgan fingerprint density at radius 2 is 2.11 bits per heavy atom. The molecule has 0 atom stereocenters. The lowest BCUT2D eigenvalue weighted by Crippen LogP contribution is -1.98. The zero-order chi connectivity index (χ0) is 13.8. The van der Waals surface area contributed by atoms with Crippen LogP contribution in [-0.4, -0.2) is 6.61 Å². The van der Waals surface area contributed by atoms with Gasteiger partial charge in [0.05, 0.1) is 17.3 Å². The molecule has 0 saturated heterocycles. The molecule has 3 N–H and O–H groups in total. The van der Waals surface area contributed by atoms with E-state index in [1.54, 1.807) is 30.3 Å². The summed E-state index contributed by atoms with van der Waals surface area (Å²) >= 11 is 5.73. The van der Waals surface area contributed by atoms with Gasteiger partial charge in [0.25, 0.3) is 0 Å². The molecule has 19 heavy (non-hydrogen) atoms. The molecule has 3 nitrogen and oxygen atoms in total. The molecule has 0 amide bonds. The third-order valence-corrected chi connectivity index (χ3v) is 2.76. The van der Waals surface area contributed by atoms with Crippen LogP contribution in [0.4, 0.5) is 21.5 Å². The SMILES string of the molecule is CCOc1cc(N)cc(Nc2cccc(Cl)c2F)c1. The molecule has 0 heterocycles. The summed E-state index contributed by atoms with van der Waals surface area (Å²) in [5, 5.41) is 3.00. The van der Waals surface area contributed by atoms with Gasteiger partial charge in [0.1, 0.15) is 5.75 Å². The van der Waals surface area contributed by atoms with Crippen LogP contribution in [0.2, 0.25) is 5.02 Å². The highest BCUT2D eigenvalue weighted by Crippen LogP contribution is 2.28. The van der Waals surface area contributed by atoms with Gasteiger partial charge in [-0.15, -0.1) is 0 Å². The Hall–Kier alpha value is -1.94. The topological polar surface area (TPSA) is 47.3 Å². The van der Waals surface area contributed by atoms with Crippen LogP contribution in [-0.2, 0) is 0 Å². The lowest BCUT2D eigenvalue weighted by molar-refractivity contribution is 0.340. The van der Waals surface area contributed by atoms with Gasteiger partial charge >= 0.3 is 0 Å². The lowest BCUT2D eigenvalue weighted by atomic mass is 10.2. The van der Waals surface area contributed by atoms with Crippen molar-refractivity contribution in [3.8, 4) is 5.75 Å². The van der Waals surface area contributed by atoms with Gasteiger partial charge in [-0.05, 0) is 25.1 Å². The number of nitrogen functional groups attached to an aromatic ring is 1. The first kappa shape index (κ1) is 13.5. The number of rotatable bonds is 4. The van der Waals surface area contributed by atoms with Crippen LogP contribution in [0.15, 0.2) is 36.4 Å². The third-order valence-electron chi connectivity index (χ3n) is 2.47. The normalized spacial score (nSPS) is 10.3. The highest BCUT2D eigenvalue weighted by atomic mass is 35.5. The fraction of sp³-hybridized carbons (Fsp3) is 0.143. The van der Waals surface area contributed by atoms with Crippen LogP contribution < -0.4 is 15.8 Å². The Kier molecular flexibility index (Phi) is 4.12. The lowest BCUT2D eigenvalue weighted by Gasteiger charge is -2.11. The molecular formula is C14H14ClFN2O. The van der Waals surface area contributed by atoms with Crippen LogP contribution >= 0.6 is 11.6 Å². The van der Waals surface area contributed by atoms with Crippen LogP contribution in [0.5, 0.6) is 5.75 Å². The third kappa shape index (κ3) is 3.29. The number of benzene rings is 2. The second-order valence-electron chi connectivity index (χ2n) is 3.95. The molecule has 2 rings (SSSR count). The maximum atomic E-state index is 13.8. The van der Waals surface area contributed by atoms with Crippen LogP contribution in [0.3, 0.4) is 0 Å². The van der Waals surface area contributed by atoms with E-state index in [0.717, 1.165) is 0 Å². The molecule has 5 heteroatoms. The molecule has 0 aliphatic heterocycles. The molecule has 0 saturated carbocycles. The number of ether oxygens (including phenoxy) is 1. The minimum atomic E-state index is -0.496. The van der Waals surface area contributed by atoms with Crippen molar-refractivity contribution in [1.29, 1.82) is 0 Å². The van der Waals surface area contributed by atoms with E-state index in [1.807, 2.05) is 6.92 Å². The van der Waals surface area contributed by atoms with Crippen LogP contribution in [0.25, 0.3) is 0 Å². The summed E-state index contributed by atoms with van der Waals surface area (Å²) in [5.41, 5.74) is 7.24. The molecular weight excluding hydrogens is 267 g/mol. The molecule has 0 aliphatic carbocycles. The number of anilines is 3. The van der Waals surface area contributed by atoms with Crippen LogP contribution in [0, 0.1) is 5.82 Å². The summed E-state index contributed by atoms with van der Waals surface area (Å²) in [6, 6.07) is 9.92. The molecule has 0 fully saturated rings. The van der Waals surface area contributed by atoms with E-state index in [9.17, 15) is 4.39 Å². The minimum absolute atomic E-state index is 0.0685. The van der Waals surface area contributed by atoms with Gasteiger partial charge in [0.2, 0.25) is 0 Å². The Morgan fingerprint density at radius 1 is 1.32 bits per heavy atom. The molecule has 0 spiro atoms. The summed E-state index contributed by atoms with van der Waals surface area (Å²) in [6.45, 7) is 2.42. The van der Waals surface area contributed by atoms with E-state index in [0.29, 0.717) is 29.4 Å². The van der Waals surface area contributed by atoms with Crippen molar-refractivity contribution in [3.63, 3.8) is 0 Å². The van der Waals surface area contributed by atoms with Crippen molar-refractivity contribution >= 4 is 28.7 Å². The van der Waals surface area contributed by atoms with Crippen molar-refractivity contribution in [2.75, 3.05) is 17.7 Å². The highest BCUT2D eigenvalue weighted by Gasteiger charge is 2.07. The van der Waals surface area contributed by atoms with Crippen LogP contribution in [0.1, 0.15) is 6.92 Å². The number of halogens is 2. The predicted octanol–water partition coefficient (Wildman–Crippen LogP) is 4.20. The van der Waals surface area contributed by atoms with E-state index in [4.69, 9.17) is 22.1 Å². The monoisotopic (exact) mass is 280 g/mol. The molecule has 100 valence electrons. The number of hydrogen-bond donors (Lipinski definition) is 2. The standard InChI is InChI=1S/C14H14ClFN2O/c1-2-19-11-7-9(17)6-10(8-11)18-13-5-3-4-12(15)14(13)16/h3-8,18H,2,17H2,1H3. The first-order valence-electron chi connectivity index (χ1n) is 5.84. The predicted molar refractivity (Wildman–Crippen MR) is 76.7 cm³/mol. The Morgan fingerprint density at radius 3 is 2.84 bits per heavy atom. The first-order valence-corrected chi connectivity index (χ1v) is 6.22. The smallest absolute Gasteiger partial charge is 0.165 e. The van der Waals surface area contributed by atoms with E-state index in [-0.39, 0.29) is 5.02 Å². The molecule has 0 bridgehead atoms. The molecule has 0 aromatic heterocycles. The Balaban J connectivity index is 2.30. The fourth-order valence-corrected chi connectivity index (χ4v) is 1.87. The van der Waals surface area contributed by atoms with E-state index in [2.05, 4.69) is 5.32 Å². The van der Waals surface area contributed by atoms with Gasteiger partial charge in [0, 0.05) is 23.5 Å². The summed E-state index contributed by atoms with van der Waals surface area (Å²) in [7, 11) is 0. The van der Waals surface area contributed by atoms with Crippen molar-refractivity contribution in [2.45, 2.75) is 6.92 Å². The van der Waals surface area contributed by atoms with Gasteiger partial charge in [0.15, 0.2) is 5.82 Å². The molecule has 0 radical (unpaired) electrons. The van der Waals surface area contributed by atoms with Gasteiger partial charge in [-0.1, -0.05) is 17.7 Å². The molecule has 2 aromatic carbocycles. The van der Waals surface area contributed by atoms with Crippen molar-refractivity contribution < 1.29 is 9.13 Å². The largest absolute Gasteiger partial charge is 0.494 e. The van der Waals surface area contributed by atoms with Gasteiger partial charge in [-0.3, -0.25) is 0 Å². The highest BCUT2D eigenvalue weighted by molar-refractivity contribution is 6.31. The zero-order valence-corrected chi connectivity index (χ0v) is 11.2. The zero-order valence-electron chi connectivity index (χ0n) is 10.4. The molecule has 0 unspecified atom stereocenters. The number of hydrogen-bond acceptors (Lipinski definition) is 3. The first-order chi connectivity index (χ1) is 9.10. The summed E-state index contributed by atoms with van der Waals surface area (Å²) in [4.78, 5) is 0. The Labute approximate surface area is 116 Å². The van der Waals surface area contributed by atoms with E-state index < -0.39 is 5.82 Å². The van der Waals surface area contributed by atoms with Crippen molar-refractivity contribution in [3.05, 3.63) is 47.2 Å². The molecule has 2 aromatic rings. The van der Waals surface area contributed by atoms with E-state index >= 15 is 0 Å². The Bertz CT molecular complexity index is 590. The average Bonchev–Trinajstić information content (AvgIpc) is 2.35.